The lowest BCUT2D eigenvalue weighted by molar-refractivity contribution is -0.137. The molecule has 2 aromatic heterocycles. The van der Waals surface area contributed by atoms with Crippen molar-refractivity contribution >= 4 is 39.4 Å². The summed E-state index contributed by atoms with van der Waals surface area (Å²) in [7, 11) is 0. The molecule has 0 N–H and O–H groups in total. The van der Waals surface area contributed by atoms with E-state index < -0.39 is 17.3 Å². The third-order valence-corrected chi connectivity index (χ3v) is 4.62. The first-order valence-corrected chi connectivity index (χ1v) is 7.86. The molecule has 2 heterocycles. The van der Waals surface area contributed by atoms with Crippen LogP contribution < -0.4 is 5.56 Å². The van der Waals surface area contributed by atoms with Gasteiger partial charge in [0.05, 0.1) is 23.8 Å². The number of carbonyl (C=O) groups excluding carboxylic acids is 1. The standard InChI is InChI=1S/C15H8ClF3N2O2S/c16-11-5-8(15(17,18)19)1-2-9(11)10-6-24-13-12(10)14(23)21(3-4-22)7-20-13/h1-2,4-7H,3H2. The number of hydrogen-bond acceptors (Lipinski definition) is 4. The molecular formula is C15H8ClF3N2O2S. The first-order chi connectivity index (χ1) is 11.3. The highest BCUT2D eigenvalue weighted by atomic mass is 35.5. The summed E-state index contributed by atoms with van der Waals surface area (Å²) in [6, 6.07) is 2.95. The number of nitrogens with zero attached hydrogens (tertiary/aromatic N) is 2. The van der Waals surface area contributed by atoms with Crippen molar-refractivity contribution in [3.05, 3.63) is 50.8 Å². The predicted molar refractivity (Wildman–Crippen MR) is 85.4 cm³/mol. The molecule has 0 bridgehead atoms. The number of fused-ring (bicyclic) bond motifs is 1. The Balaban J connectivity index is 2.22. The predicted octanol–water partition coefficient (Wildman–Crippen LogP) is 4.00. The largest absolute Gasteiger partial charge is 0.416 e. The van der Waals surface area contributed by atoms with E-state index >= 15 is 0 Å². The van der Waals surface area contributed by atoms with Gasteiger partial charge in [0.2, 0.25) is 0 Å². The van der Waals surface area contributed by atoms with E-state index in [1.54, 1.807) is 5.38 Å². The zero-order chi connectivity index (χ0) is 17.5. The van der Waals surface area contributed by atoms with Crippen molar-refractivity contribution < 1.29 is 18.0 Å². The minimum atomic E-state index is -4.50. The Labute approximate surface area is 142 Å². The maximum atomic E-state index is 12.7. The lowest BCUT2D eigenvalue weighted by Crippen LogP contribution is -2.20. The van der Waals surface area contributed by atoms with Crippen LogP contribution in [0.15, 0.2) is 34.7 Å². The van der Waals surface area contributed by atoms with Crippen molar-refractivity contribution in [2.75, 3.05) is 0 Å². The molecule has 0 unspecified atom stereocenters. The second kappa shape index (κ2) is 6.03. The lowest BCUT2D eigenvalue weighted by Gasteiger charge is -2.09. The smallest absolute Gasteiger partial charge is 0.301 e. The summed E-state index contributed by atoms with van der Waals surface area (Å²) < 4.78 is 39.4. The summed E-state index contributed by atoms with van der Waals surface area (Å²) in [6.45, 7) is -0.155. The van der Waals surface area contributed by atoms with Crippen molar-refractivity contribution in [1.29, 1.82) is 0 Å². The summed E-state index contributed by atoms with van der Waals surface area (Å²) in [4.78, 5) is 27.6. The maximum Gasteiger partial charge on any atom is 0.416 e. The molecule has 9 heteroatoms. The second-order valence-corrected chi connectivity index (χ2v) is 6.16. The van der Waals surface area contributed by atoms with Crippen LogP contribution in [0.3, 0.4) is 0 Å². The molecule has 0 fully saturated rings. The zero-order valence-electron chi connectivity index (χ0n) is 11.8. The first-order valence-electron chi connectivity index (χ1n) is 6.60. The van der Waals surface area contributed by atoms with Crippen LogP contribution in [0.2, 0.25) is 5.02 Å². The van der Waals surface area contributed by atoms with E-state index in [1.807, 2.05) is 0 Å². The molecule has 3 rings (SSSR count). The van der Waals surface area contributed by atoms with Crippen LogP contribution in [-0.4, -0.2) is 15.8 Å². The van der Waals surface area contributed by atoms with Gasteiger partial charge in [0.25, 0.3) is 5.56 Å². The number of aromatic nitrogens is 2. The Morgan fingerprint density at radius 3 is 2.67 bits per heavy atom. The van der Waals surface area contributed by atoms with Gasteiger partial charge in [0, 0.05) is 21.5 Å². The van der Waals surface area contributed by atoms with Gasteiger partial charge in [-0.3, -0.25) is 9.36 Å². The quantitative estimate of drug-likeness (QED) is 0.653. The summed E-state index contributed by atoms with van der Waals surface area (Å²) in [6.07, 6.45) is -2.68. The van der Waals surface area contributed by atoms with Crippen LogP contribution in [0.25, 0.3) is 21.3 Å². The maximum absolute atomic E-state index is 12.7. The SMILES string of the molecule is O=CCn1cnc2scc(-c3ccc(C(F)(F)F)cc3Cl)c2c1=O. The highest BCUT2D eigenvalue weighted by Crippen LogP contribution is 2.38. The molecule has 24 heavy (non-hydrogen) atoms. The van der Waals surface area contributed by atoms with E-state index in [0.29, 0.717) is 22.2 Å². The number of alkyl halides is 3. The highest BCUT2D eigenvalue weighted by molar-refractivity contribution is 7.17. The van der Waals surface area contributed by atoms with E-state index in [1.165, 1.54) is 23.7 Å². The molecule has 0 spiro atoms. The fourth-order valence-electron chi connectivity index (χ4n) is 2.29. The number of benzene rings is 1. The van der Waals surface area contributed by atoms with Gasteiger partial charge >= 0.3 is 6.18 Å². The number of rotatable bonds is 3. The van der Waals surface area contributed by atoms with E-state index in [2.05, 4.69) is 4.98 Å². The van der Waals surface area contributed by atoms with Crippen LogP contribution in [0.4, 0.5) is 13.2 Å². The van der Waals surface area contributed by atoms with Crippen LogP contribution >= 0.6 is 22.9 Å². The van der Waals surface area contributed by atoms with Gasteiger partial charge in [0.15, 0.2) is 0 Å². The molecule has 0 aliphatic heterocycles. The summed E-state index contributed by atoms with van der Waals surface area (Å²) in [5.41, 5.74) is -0.614. The second-order valence-electron chi connectivity index (χ2n) is 4.89. The molecule has 0 saturated carbocycles. The number of aldehydes is 1. The molecule has 0 atom stereocenters. The first kappa shape index (κ1) is 16.7. The monoisotopic (exact) mass is 372 g/mol. The van der Waals surface area contributed by atoms with Crippen LogP contribution in [0, 0.1) is 0 Å². The van der Waals surface area contributed by atoms with E-state index in [0.717, 1.165) is 16.7 Å². The van der Waals surface area contributed by atoms with Crippen molar-refractivity contribution in [2.45, 2.75) is 12.7 Å². The van der Waals surface area contributed by atoms with Crippen molar-refractivity contribution in [2.24, 2.45) is 0 Å². The molecule has 124 valence electrons. The van der Waals surface area contributed by atoms with Crippen molar-refractivity contribution in [1.82, 2.24) is 9.55 Å². The Morgan fingerprint density at radius 1 is 1.29 bits per heavy atom. The third-order valence-electron chi connectivity index (χ3n) is 3.42. The van der Waals surface area contributed by atoms with Gasteiger partial charge < -0.3 is 4.79 Å². The molecule has 3 aromatic rings. The molecule has 0 aliphatic carbocycles. The number of carbonyl (C=O) groups is 1. The minimum Gasteiger partial charge on any atom is -0.301 e. The molecule has 0 amide bonds. The molecule has 0 radical (unpaired) electrons. The fourth-order valence-corrected chi connectivity index (χ4v) is 3.47. The van der Waals surface area contributed by atoms with Gasteiger partial charge in [-0.25, -0.2) is 4.98 Å². The van der Waals surface area contributed by atoms with Gasteiger partial charge in [-0.2, -0.15) is 13.2 Å². The molecule has 0 saturated heterocycles. The minimum absolute atomic E-state index is 0.116. The Bertz CT molecular complexity index is 995. The van der Waals surface area contributed by atoms with Crippen LogP contribution in [0.5, 0.6) is 0 Å². The van der Waals surface area contributed by atoms with Crippen molar-refractivity contribution in [3.8, 4) is 11.1 Å². The van der Waals surface area contributed by atoms with Gasteiger partial charge in [-0.15, -0.1) is 11.3 Å². The normalized spacial score (nSPS) is 11.8. The fraction of sp³-hybridized carbons (Fsp3) is 0.133. The molecule has 4 nitrogen and oxygen atoms in total. The topological polar surface area (TPSA) is 52.0 Å². The highest BCUT2D eigenvalue weighted by Gasteiger charge is 2.31. The summed E-state index contributed by atoms with van der Waals surface area (Å²) >= 11 is 7.17. The zero-order valence-corrected chi connectivity index (χ0v) is 13.4. The third kappa shape index (κ3) is 2.83. The average molecular weight is 373 g/mol. The summed E-state index contributed by atoms with van der Waals surface area (Å²) in [5.74, 6) is 0. The van der Waals surface area contributed by atoms with Gasteiger partial charge in [0.1, 0.15) is 11.1 Å². The van der Waals surface area contributed by atoms with E-state index in [4.69, 9.17) is 11.6 Å². The average Bonchev–Trinajstić information content (AvgIpc) is 2.94. The molecular weight excluding hydrogens is 365 g/mol. The number of hydrogen-bond donors (Lipinski definition) is 0. The number of thiophene rings is 1. The van der Waals surface area contributed by atoms with Gasteiger partial charge in [-0.1, -0.05) is 17.7 Å². The molecule has 1 aromatic carbocycles. The number of halogens is 4. The van der Waals surface area contributed by atoms with E-state index in [-0.39, 0.29) is 17.0 Å². The van der Waals surface area contributed by atoms with Crippen molar-refractivity contribution in [3.63, 3.8) is 0 Å². The van der Waals surface area contributed by atoms with E-state index in [9.17, 15) is 22.8 Å². The van der Waals surface area contributed by atoms with Crippen LogP contribution in [-0.2, 0) is 17.5 Å². The lowest BCUT2D eigenvalue weighted by atomic mass is 10.0. The molecule has 0 aliphatic rings. The summed E-state index contributed by atoms with van der Waals surface area (Å²) in [5, 5.41) is 1.72. The Kier molecular flexibility index (Phi) is 4.18. The van der Waals surface area contributed by atoms with Gasteiger partial charge in [-0.05, 0) is 12.1 Å². The Hall–Kier alpha value is -2.19. The van der Waals surface area contributed by atoms with Crippen LogP contribution in [0.1, 0.15) is 5.56 Å². The Morgan fingerprint density at radius 2 is 2.04 bits per heavy atom.